The first-order valence-electron chi connectivity index (χ1n) is 13.8. The van der Waals surface area contributed by atoms with E-state index >= 15 is 0 Å². The zero-order valence-electron chi connectivity index (χ0n) is 24.7. The van der Waals surface area contributed by atoms with Crippen molar-refractivity contribution in [1.82, 2.24) is 0 Å². The van der Waals surface area contributed by atoms with Gasteiger partial charge in [0.15, 0.2) is 0 Å². The van der Waals surface area contributed by atoms with Crippen LogP contribution in [0, 0.1) is 29.6 Å². The summed E-state index contributed by atoms with van der Waals surface area (Å²) in [6.45, 7) is 18.3. The summed E-state index contributed by atoms with van der Waals surface area (Å²) in [5.74, 6) is 1.06. The molecule has 0 rings (SSSR count). The van der Waals surface area contributed by atoms with Gasteiger partial charge in [0, 0.05) is 31.8 Å². The van der Waals surface area contributed by atoms with Crippen LogP contribution in [0.3, 0.4) is 0 Å². The molecule has 0 aromatic heterocycles. The molecule has 0 fully saturated rings. The second-order valence-corrected chi connectivity index (χ2v) is 10.8. The number of rotatable bonds is 18. The van der Waals surface area contributed by atoms with Crippen LogP contribution in [0.5, 0.6) is 0 Å². The Bertz CT molecular complexity index is 773. The Morgan fingerprint density at radius 3 is 2.06 bits per heavy atom. The molecule has 36 heavy (non-hydrogen) atoms. The summed E-state index contributed by atoms with van der Waals surface area (Å²) < 4.78 is 5.29. The lowest BCUT2D eigenvalue weighted by Gasteiger charge is -2.22. The molecule has 0 saturated heterocycles. The van der Waals surface area contributed by atoms with Gasteiger partial charge in [-0.05, 0) is 56.1 Å². The molecule has 0 radical (unpaired) electrons. The van der Waals surface area contributed by atoms with E-state index in [1.807, 2.05) is 65.0 Å². The number of hydrogen-bond acceptors (Lipinski definition) is 4. The molecule has 0 heterocycles. The van der Waals surface area contributed by atoms with E-state index in [1.54, 1.807) is 7.11 Å². The van der Waals surface area contributed by atoms with E-state index in [-0.39, 0.29) is 41.8 Å². The fourth-order valence-corrected chi connectivity index (χ4v) is 4.29. The van der Waals surface area contributed by atoms with E-state index in [4.69, 9.17) is 4.74 Å². The van der Waals surface area contributed by atoms with Crippen LogP contribution in [-0.2, 0) is 14.3 Å². The van der Waals surface area contributed by atoms with Crippen LogP contribution in [-0.4, -0.2) is 36.0 Å². The Morgan fingerprint density at radius 2 is 1.50 bits per heavy atom. The standard InChI is InChI=1S/C32H54O4/c1-11-23(4)29(12-2)20-30(33)26(7)19-27(8)32(35)21-31(34)25(6)18-22(3)16-14-13-15-17-24(5)28(9)36-10/h13-17,19,22-23,25-26,28-29,32,35H,11-12,18,20-21H2,1-10H3. The molecule has 0 bridgehead atoms. The second kappa shape index (κ2) is 18.5. The highest BCUT2D eigenvalue weighted by Gasteiger charge is 2.23. The summed E-state index contributed by atoms with van der Waals surface area (Å²) in [4.78, 5) is 25.5. The van der Waals surface area contributed by atoms with Crippen LogP contribution in [0.4, 0.5) is 0 Å². The lowest BCUT2D eigenvalue weighted by molar-refractivity contribution is -0.124. The minimum atomic E-state index is -0.843. The zero-order valence-corrected chi connectivity index (χ0v) is 24.7. The van der Waals surface area contributed by atoms with E-state index in [9.17, 15) is 14.7 Å². The summed E-state index contributed by atoms with van der Waals surface area (Å²) >= 11 is 0. The average Bonchev–Trinajstić information content (AvgIpc) is 2.85. The Hall–Kier alpha value is -1.78. The molecule has 0 aliphatic carbocycles. The van der Waals surface area contributed by atoms with Crippen molar-refractivity contribution in [2.45, 2.75) is 107 Å². The number of aliphatic hydroxyl groups is 1. The first-order valence-corrected chi connectivity index (χ1v) is 13.8. The summed E-state index contributed by atoms with van der Waals surface area (Å²) in [7, 11) is 1.70. The molecule has 0 amide bonds. The molecular weight excluding hydrogens is 448 g/mol. The van der Waals surface area contributed by atoms with Gasteiger partial charge in [0.2, 0.25) is 0 Å². The largest absolute Gasteiger partial charge is 0.388 e. The van der Waals surface area contributed by atoms with E-state index in [0.717, 1.165) is 24.8 Å². The molecule has 0 saturated carbocycles. The molecule has 0 aromatic rings. The van der Waals surface area contributed by atoms with Crippen LogP contribution in [0.15, 0.2) is 47.6 Å². The van der Waals surface area contributed by atoms with Crippen molar-refractivity contribution >= 4 is 11.6 Å². The summed E-state index contributed by atoms with van der Waals surface area (Å²) in [5.41, 5.74) is 1.87. The molecule has 0 aromatic carbocycles. The smallest absolute Gasteiger partial charge is 0.139 e. The molecular formula is C32H54O4. The Balaban J connectivity index is 4.78. The number of hydrogen-bond donors (Lipinski definition) is 1. The fraction of sp³-hybridized carbons (Fsp3) is 0.688. The minimum Gasteiger partial charge on any atom is -0.388 e. The predicted octanol–water partition coefficient (Wildman–Crippen LogP) is 7.68. The quantitative estimate of drug-likeness (QED) is 0.154. The molecule has 4 nitrogen and oxygen atoms in total. The van der Waals surface area contributed by atoms with Gasteiger partial charge in [0.25, 0.3) is 0 Å². The van der Waals surface area contributed by atoms with Crippen LogP contribution >= 0.6 is 0 Å². The molecule has 0 aliphatic heterocycles. The lowest BCUT2D eigenvalue weighted by Crippen LogP contribution is -2.22. The highest BCUT2D eigenvalue weighted by atomic mass is 16.5. The van der Waals surface area contributed by atoms with Gasteiger partial charge in [-0.25, -0.2) is 0 Å². The predicted molar refractivity (Wildman–Crippen MR) is 153 cm³/mol. The van der Waals surface area contributed by atoms with Crippen molar-refractivity contribution in [2.24, 2.45) is 29.6 Å². The van der Waals surface area contributed by atoms with E-state index < -0.39 is 6.10 Å². The SMILES string of the molecule is CCC(C)C(CC)CC(=O)C(C)C=C(C)C(O)CC(=O)C(C)CC(C)C=CC=CC=C(C)C(C)OC. The van der Waals surface area contributed by atoms with Gasteiger partial charge in [-0.3, -0.25) is 9.59 Å². The number of ketones is 2. The normalized spacial score (nSPS) is 19.2. The number of aliphatic hydroxyl groups excluding tert-OH is 1. The zero-order chi connectivity index (χ0) is 27.8. The van der Waals surface area contributed by atoms with E-state index in [0.29, 0.717) is 23.8 Å². The van der Waals surface area contributed by atoms with Crippen LogP contribution < -0.4 is 0 Å². The first-order chi connectivity index (χ1) is 16.9. The number of methoxy groups -OCH3 is 1. The third kappa shape index (κ3) is 13.5. The maximum Gasteiger partial charge on any atom is 0.139 e. The van der Waals surface area contributed by atoms with Gasteiger partial charge in [-0.2, -0.15) is 0 Å². The van der Waals surface area contributed by atoms with Gasteiger partial charge >= 0.3 is 0 Å². The molecule has 7 atom stereocenters. The van der Waals surface area contributed by atoms with Crippen molar-refractivity contribution in [3.63, 3.8) is 0 Å². The molecule has 4 heteroatoms. The van der Waals surface area contributed by atoms with Crippen molar-refractivity contribution in [1.29, 1.82) is 0 Å². The summed E-state index contributed by atoms with van der Waals surface area (Å²) in [6.07, 6.45) is 14.7. The van der Waals surface area contributed by atoms with E-state index in [2.05, 4.69) is 33.8 Å². The van der Waals surface area contributed by atoms with Gasteiger partial charge in [0.1, 0.15) is 11.6 Å². The molecule has 7 unspecified atom stereocenters. The second-order valence-electron chi connectivity index (χ2n) is 10.8. The van der Waals surface area contributed by atoms with Gasteiger partial charge in [-0.15, -0.1) is 0 Å². The highest BCUT2D eigenvalue weighted by Crippen LogP contribution is 2.25. The molecule has 0 spiro atoms. The van der Waals surface area contributed by atoms with Crippen molar-refractivity contribution < 1.29 is 19.4 Å². The minimum absolute atomic E-state index is 0.0555. The summed E-state index contributed by atoms with van der Waals surface area (Å²) in [6, 6.07) is 0. The lowest BCUT2D eigenvalue weighted by atomic mass is 9.83. The molecule has 206 valence electrons. The topological polar surface area (TPSA) is 63.6 Å². The maximum atomic E-state index is 12.7. The van der Waals surface area contributed by atoms with Crippen molar-refractivity contribution in [3.8, 4) is 0 Å². The van der Waals surface area contributed by atoms with Crippen LogP contribution in [0.25, 0.3) is 0 Å². The van der Waals surface area contributed by atoms with Gasteiger partial charge in [0.05, 0.1) is 12.2 Å². The van der Waals surface area contributed by atoms with Crippen molar-refractivity contribution in [2.75, 3.05) is 7.11 Å². The van der Waals surface area contributed by atoms with Gasteiger partial charge in [-0.1, -0.05) is 90.8 Å². The van der Waals surface area contributed by atoms with Crippen LogP contribution in [0.1, 0.15) is 94.4 Å². The Labute approximate surface area is 222 Å². The first kappa shape index (κ1) is 34.2. The number of carbonyl (C=O) groups excluding carboxylic acids is 2. The average molecular weight is 503 g/mol. The monoisotopic (exact) mass is 502 g/mol. The highest BCUT2D eigenvalue weighted by molar-refractivity contribution is 5.83. The third-order valence-electron chi connectivity index (χ3n) is 7.67. The fourth-order valence-electron chi connectivity index (χ4n) is 4.29. The number of allylic oxidation sites excluding steroid dienone is 6. The Morgan fingerprint density at radius 1 is 0.861 bits per heavy atom. The van der Waals surface area contributed by atoms with E-state index in [1.165, 1.54) is 0 Å². The number of Topliss-reactive ketones (excluding diaryl/α,β-unsaturated/α-hetero) is 2. The molecule has 1 N–H and O–H groups in total. The summed E-state index contributed by atoms with van der Waals surface area (Å²) in [5, 5.41) is 10.6. The Kier molecular flexibility index (Phi) is 17.5. The number of carbonyl (C=O) groups is 2. The maximum absolute atomic E-state index is 12.7. The van der Waals surface area contributed by atoms with Gasteiger partial charge < -0.3 is 9.84 Å². The molecule has 0 aliphatic rings. The number of ether oxygens (including phenoxy) is 1. The third-order valence-corrected chi connectivity index (χ3v) is 7.67. The van der Waals surface area contributed by atoms with Crippen LogP contribution in [0.2, 0.25) is 0 Å². The van der Waals surface area contributed by atoms with Crippen molar-refractivity contribution in [3.05, 3.63) is 47.6 Å².